The summed E-state index contributed by atoms with van der Waals surface area (Å²) >= 11 is 0. The van der Waals surface area contributed by atoms with Gasteiger partial charge in [0.05, 0.1) is 5.69 Å². The molecule has 2 N–H and O–H groups in total. The third-order valence-corrected chi connectivity index (χ3v) is 2.66. The molecule has 0 bridgehead atoms. The smallest absolute Gasteiger partial charge is 0.0631 e. The Labute approximate surface area is 79.9 Å². The van der Waals surface area contributed by atoms with Gasteiger partial charge in [-0.2, -0.15) is 5.10 Å². The van der Waals surface area contributed by atoms with Crippen molar-refractivity contribution in [2.45, 2.75) is 33.1 Å². The van der Waals surface area contributed by atoms with Gasteiger partial charge in [0.15, 0.2) is 0 Å². The van der Waals surface area contributed by atoms with E-state index in [9.17, 15) is 0 Å². The predicted molar refractivity (Wildman–Crippen MR) is 54.8 cm³/mol. The van der Waals surface area contributed by atoms with E-state index < -0.39 is 0 Å². The molecule has 1 unspecified atom stereocenters. The monoisotopic (exact) mass is 181 g/mol. The van der Waals surface area contributed by atoms with Crippen LogP contribution in [0.1, 0.15) is 36.2 Å². The topological polar surface area (TPSA) is 43.8 Å². The molecule has 0 spiro atoms. The maximum Gasteiger partial charge on any atom is 0.0631 e. The van der Waals surface area contributed by atoms with E-state index in [-0.39, 0.29) is 0 Å². The largest absolute Gasteiger partial charge is 0.330 e. The van der Waals surface area contributed by atoms with Gasteiger partial charge in [-0.15, -0.1) is 0 Å². The van der Waals surface area contributed by atoms with Gasteiger partial charge < -0.3 is 5.73 Å². The highest BCUT2D eigenvalue weighted by Crippen LogP contribution is 2.24. The van der Waals surface area contributed by atoms with Crippen LogP contribution in [0.5, 0.6) is 0 Å². The molecule has 3 nitrogen and oxygen atoms in total. The van der Waals surface area contributed by atoms with Crippen LogP contribution in [-0.2, 0) is 7.05 Å². The van der Waals surface area contributed by atoms with Crippen molar-refractivity contribution in [1.29, 1.82) is 0 Å². The molecule has 1 heterocycles. The second-order valence-corrected chi connectivity index (χ2v) is 3.69. The van der Waals surface area contributed by atoms with Crippen LogP contribution in [0.2, 0.25) is 0 Å². The van der Waals surface area contributed by atoms with Crippen molar-refractivity contribution in [2.24, 2.45) is 12.8 Å². The summed E-state index contributed by atoms with van der Waals surface area (Å²) < 4.78 is 1.94. The molecule has 0 radical (unpaired) electrons. The molecule has 0 saturated heterocycles. The summed E-state index contributed by atoms with van der Waals surface area (Å²) in [5.41, 5.74) is 9.32. The lowest BCUT2D eigenvalue weighted by Crippen LogP contribution is -2.06. The number of rotatable bonds is 3. The highest BCUT2D eigenvalue weighted by Gasteiger charge is 2.14. The minimum atomic E-state index is 0.527. The number of aryl methyl sites for hydroxylation is 2. The summed E-state index contributed by atoms with van der Waals surface area (Å²) in [5.74, 6) is 0.527. The number of aromatic nitrogens is 2. The first-order valence-electron chi connectivity index (χ1n) is 4.78. The summed E-state index contributed by atoms with van der Waals surface area (Å²) in [5, 5.41) is 4.39. The van der Waals surface area contributed by atoms with Gasteiger partial charge in [0.1, 0.15) is 0 Å². The highest BCUT2D eigenvalue weighted by molar-refractivity contribution is 5.27. The second-order valence-electron chi connectivity index (χ2n) is 3.69. The first-order chi connectivity index (χ1) is 6.07. The summed E-state index contributed by atoms with van der Waals surface area (Å²) in [6.45, 7) is 7.14. The zero-order valence-electron chi connectivity index (χ0n) is 8.96. The van der Waals surface area contributed by atoms with Crippen molar-refractivity contribution in [1.82, 2.24) is 9.78 Å². The average molecular weight is 181 g/mol. The fraction of sp³-hybridized carbons (Fsp3) is 0.700. The zero-order valence-corrected chi connectivity index (χ0v) is 8.96. The summed E-state index contributed by atoms with van der Waals surface area (Å²) in [6.07, 6.45) is 1.04. The Bertz CT molecular complexity index is 289. The molecule has 1 aromatic heterocycles. The lowest BCUT2D eigenvalue weighted by atomic mass is 9.96. The van der Waals surface area contributed by atoms with Gasteiger partial charge in [-0.25, -0.2) is 0 Å². The second kappa shape index (κ2) is 3.92. The normalized spacial score (nSPS) is 13.3. The van der Waals surface area contributed by atoms with Crippen LogP contribution < -0.4 is 5.73 Å². The van der Waals surface area contributed by atoms with Crippen LogP contribution in [0.3, 0.4) is 0 Å². The molecule has 0 aliphatic rings. The minimum Gasteiger partial charge on any atom is -0.330 e. The fourth-order valence-corrected chi connectivity index (χ4v) is 1.90. The van der Waals surface area contributed by atoms with Crippen molar-refractivity contribution < 1.29 is 0 Å². The van der Waals surface area contributed by atoms with E-state index in [1.54, 1.807) is 0 Å². The Morgan fingerprint density at radius 1 is 1.46 bits per heavy atom. The molecule has 74 valence electrons. The molecule has 1 aromatic rings. The van der Waals surface area contributed by atoms with Crippen LogP contribution in [0, 0.1) is 13.8 Å². The number of hydrogen-bond acceptors (Lipinski definition) is 2. The summed E-state index contributed by atoms with van der Waals surface area (Å²) in [6, 6.07) is 0. The van der Waals surface area contributed by atoms with Crippen LogP contribution in [0.25, 0.3) is 0 Å². The standard InChI is InChI=1S/C10H19N3/c1-7(5-6-11)10-8(2)12-13(4)9(10)3/h7H,5-6,11H2,1-4H3. The van der Waals surface area contributed by atoms with Crippen LogP contribution in [-0.4, -0.2) is 16.3 Å². The Hall–Kier alpha value is -0.830. The lowest BCUT2D eigenvalue weighted by molar-refractivity contribution is 0.677. The molecule has 0 fully saturated rings. The van der Waals surface area contributed by atoms with E-state index in [4.69, 9.17) is 5.73 Å². The average Bonchev–Trinajstić information content (AvgIpc) is 2.27. The number of hydrogen-bond donors (Lipinski definition) is 1. The quantitative estimate of drug-likeness (QED) is 0.767. The molecule has 13 heavy (non-hydrogen) atoms. The van der Waals surface area contributed by atoms with Gasteiger partial charge in [0, 0.05) is 12.7 Å². The van der Waals surface area contributed by atoms with Gasteiger partial charge in [-0.05, 0) is 38.3 Å². The molecule has 3 heteroatoms. The Balaban J connectivity index is 2.98. The maximum atomic E-state index is 5.55. The Kier molecular flexibility index (Phi) is 3.09. The van der Waals surface area contributed by atoms with E-state index in [1.165, 1.54) is 11.3 Å². The first kappa shape index (κ1) is 10.3. The maximum absolute atomic E-state index is 5.55. The van der Waals surface area contributed by atoms with Crippen molar-refractivity contribution in [3.8, 4) is 0 Å². The van der Waals surface area contributed by atoms with Crippen LogP contribution in [0.4, 0.5) is 0 Å². The van der Waals surface area contributed by atoms with Crippen molar-refractivity contribution >= 4 is 0 Å². The number of nitrogens with two attached hydrogens (primary N) is 1. The predicted octanol–water partition coefficient (Wildman–Crippen LogP) is 1.49. The van der Waals surface area contributed by atoms with Gasteiger partial charge in [0.2, 0.25) is 0 Å². The van der Waals surface area contributed by atoms with Gasteiger partial charge in [-0.3, -0.25) is 4.68 Å². The molecule has 0 amide bonds. The minimum absolute atomic E-state index is 0.527. The van der Waals surface area contributed by atoms with Crippen molar-refractivity contribution in [2.75, 3.05) is 6.54 Å². The zero-order chi connectivity index (χ0) is 10.0. The van der Waals surface area contributed by atoms with E-state index in [0.717, 1.165) is 18.7 Å². The lowest BCUT2D eigenvalue weighted by Gasteiger charge is -2.10. The molecule has 0 saturated carbocycles. The first-order valence-corrected chi connectivity index (χ1v) is 4.78. The highest BCUT2D eigenvalue weighted by atomic mass is 15.3. The third kappa shape index (κ3) is 1.91. The van der Waals surface area contributed by atoms with Crippen LogP contribution in [0.15, 0.2) is 0 Å². The van der Waals surface area contributed by atoms with E-state index in [1.807, 2.05) is 11.7 Å². The summed E-state index contributed by atoms with van der Waals surface area (Å²) in [7, 11) is 1.99. The van der Waals surface area contributed by atoms with Gasteiger partial charge >= 0.3 is 0 Å². The van der Waals surface area contributed by atoms with E-state index >= 15 is 0 Å². The molecule has 0 aromatic carbocycles. The molecule has 1 rings (SSSR count). The number of nitrogens with zero attached hydrogens (tertiary/aromatic N) is 2. The molecule has 0 aliphatic heterocycles. The molecule has 0 aliphatic carbocycles. The summed E-state index contributed by atoms with van der Waals surface area (Å²) in [4.78, 5) is 0. The Morgan fingerprint density at radius 2 is 2.08 bits per heavy atom. The van der Waals surface area contributed by atoms with Gasteiger partial charge in [-0.1, -0.05) is 6.92 Å². The molecular formula is C10H19N3. The van der Waals surface area contributed by atoms with Crippen LogP contribution >= 0.6 is 0 Å². The SMILES string of the molecule is Cc1nn(C)c(C)c1C(C)CCN. The fourth-order valence-electron chi connectivity index (χ4n) is 1.90. The molecular weight excluding hydrogens is 162 g/mol. The van der Waals surface area contributed by atoms with Crippen molar-refractivity contribution in [3.05, 3.63) is 17.0 Å². The third-order valence-electron chi connectivity index (χ3n) is 2.66. The Morgan fingerprint density at radius 3 is 2.46 bits per heavy atom. The van der Waals surface area contributed by atoms with Gasteiger partial charge in [0.25, 0.3) is 0 Å². The van der Waals surface area contributed by atoms with Crippen molar-refractivity contribution in [3.63, 3.8) is 0 Å². The molecule has 1 atom stereocenters. The van der Waals surface area contributed by atoms with E-state index in [2.05, 4.69) is 25.9 Å². The van der Waals surface area contributed by atoms with E-state index in [0.29, 0.717) is 5.92 Å².